The molecule has 2 aromatic carbocycles. The van der Waals surface area contributed by atoms with E-state index in [1.807, 2.05) is 0 Å². The maximum atomic E-state index is 12.8. The van der Waals surface area contributed by atoms with Crippen molar-refractivity contribution in [1.29, 1.82) is 0 Å². The van der Waals surface area contributed by atoms with E-state index in [0.29, 0.717) is 0 Å². The number of fused-ring (bicyclic) bond motifs is 1. The number of β-lactam (4-membered cyclic amide) rings is 1. The zero-order valence-electron chi connectivity index (χ0n) is 19.8. The van der Waals surface area contributed by atoms with E-state index in [1.54, 1.807) is 0 Å². The first kappa shape index (κ1) is 38.8. The molecule has 0 bridgehead atoms. The number of hydrogen-bond acceptors (Lipinski definition) is 9. The Bertz CT molecular complexity index is 1550. The molecule has 210 valence electrons. The molecular formula is C24H23N2Na3O11S2. The number of aromatic carboxylic acids is 1. The number of benzene rings is 2. The third-order valence-electron chi connectivity index (χ3n) is 5.92. The summed E-state index contributed by atoms with van der Waals surface area (Å²) in [7, 11) is -4.58. The van der Waals surface area contributed by atoms with Crippen LogP contribution in [0, 0.1) is 0 Å². The zero-order valence-corrected chi connectivity index (χ0v) is 21.4. The number of nitrogens with one attached hydrogen (secondary N) is 1. The van der Waals surface area contributed by atoms with E-state index in [0.717, 1.165) is 22.7 Å². The number of rotatable bonds is 9. The summed E-state index contributed by atoms with van der Waals surface area (Å²) in [5.41, 5.74) is -0.807. The van der Waals surface area contributed by atoms with Gasteiger partial charge in [0.25, 0.3) is 16.0 Å². The van der Waals surface area contributed by atoms with Crippen LogP contribution in [0.4, 0.5) is 0 Å². The molecular weight excluding hydrogens is 625 g/mol. The van der Waals surface area contributed by atoms with Crippen LogP contribution in [0.3, 0.4) is 0 Å². The molecule has 2 aliphatic heterocycles. The van der Waals surface area contributed by atoms with Crippen molar-refractivity contribution in [3.05, 3.63) is 76.5 Å². The van der Waals surface area contributed by atoms with E-state index in [4.69, 9.17) is 4.74 Å². The van der Waals surface area contributed by atoms with Gasteiger partial charge in [0, 0.05) is 11.3 Å². The van der Waals surface area contributed by atoms with Crippen LogP contribution >= 0.6 is 11.8 Å². The van der Waals surface area contributed by atoms with E-state index in [2.05, 4.69) is 5.32 Å². The number of thioether (sulfide) groups is 1. The fourth-order valence-electron chi connectivity index (χ4n) is 4.17. The molecule has 2 atom stereocenters. The quantitative estimate of drug-likeness (QED) is 0.110. The van der Waals surface area contributed by atoms with Crippen molar-refractivity contribution in [3.63, 3.8) is 0 Å². The van der Waals surface area contributed by atoms with Gasteiger partial charge in [-0.15, -0.1) is 11.8 Å². The van der Waals surface area contributed by atoms with Crippen LogP contribution < -0.4 is 5.32 Å². The van der Waals surface area contributed by atoms with E-state index in [9.17, 15) is 47.2 Å². The second kappa shape index (κ2) is 16.2. The Morgan fingerprint density at radius 1 is 0.952 bits per heavy atom. The van der Waals surface area contributed by atoms with Crippen LogP contribution in [0.15, 0.2) is 64.7 Å². The molecule has 2 aromatic rings. The van der Waals surface area contributed by atoms with Gasteiger partial charge in [0.05, 0.1) is 22.4 Å². The summed E-state index contributed by atoms with van der Waals surface area (Å²) in [6.07, 6.45) is -0.461. The van der Waals surface area contributed by atoms with E-state index in [-0.39, 0.29) is 117 Å². The second-order valence-electron chi connectivity index (χ2n) is 8.40. The van der Waals surface area contributed by atoms with Crippen LogP contribution in [-0.4, -0.2) is 170 Å². The summed E-state index contributed by atoms with van der Waals surface area (Å²) in [5, 5.41) is 20.7. The van der Waals surface area contributed by atoms with Gasteiger partial charge in [-0.1, -0.05) is 30.3 Å². The molecule has 42 heavy (non-hydrogen) atoms. The molecule has 2 heterocycles. The van der Waals surface area contributed by atoms with Crippen LogP contribution in [-0.2, 0) is 35.7 Å². The van der Waals surface area contributed by atoms with Crippen molar-refractivity contribution >= 4 is 140 Å². The second-order valence-corrected chi connectivity index (χ2v) is 10.9. The van der Waals surface area contributed by atoms with Crippen LogP contribution in [0.2, 0.25) is 0 Å². The number of hydrogen-bond donors (Lipinski definition) is 4. The van der Waals surface area contributed by atoms with Crippen LogP contribution in [0.5, 0.6) is 0 Å². The Balaban J connectivity index is 0.00000294. The fourth-order valence-corrected chi connectivity index (χ4v) is 6.22. The molecule has 13 nitrogen and oxygen atoms in total. The topological polar surface area (TPSA) is 205 Å². The normalized spacial score (nSPS) is 17.3. The van der Waals surface area contributed by atoms with E-state index in [1.165, 1.54) is 42.5 Å². The fraction of sp³-hybridized carbons (Fsp3) is 0.208. The Labute approximate surface area is 310 Å². The molecule has 1 fully saturated rings. The van der Waals surface area contributed by atoms with Gasteiger partial charge in [0.2, 0.25) is 5.91 Å². The van der Waals surface area contributed by atoms with Crippen molar-refractivity contribution in [1.82, 2.24) is 10.2 Å². The number of carboxylic acid groups (broad SMARTS) is 2. The number of carboxylic acids is 2. The van der Waals surface area contributed by atoms with Crippen molar-refractivity contribution in [2.45, 2.75) is 22.7 Å². The Morgan fingerprint density at radius 3 is 2.14 bits per heavy atom. The van der Waals surface area contributed by atoms with Crippen molar-refractivity contribution in [2.75, 3.05) is 12.4 Å². The van der Waals surface area contributed by atoms with Crippen molar-refractivity contribution in [3.8, 4) is 0 Å². The number of carbonyl (C=O) groups excluding carboxylic acids is 3. The van der Waals surface area contributed by atoms with Gasteiger partial charge in [0.15, 0.2) is 0 Å². The molecule has 4 N–H and O–H groups in total. The molecule has 0 saturated carbocycles. The van der Waals surface area contributed by atoms with Gasteiger partial charge >= 0.3 is 107 Å². The molecule has 1 saturated heterocycles. The van der Waals surface area contributed by atoms with Gasteiger partial charge in [-0.3, -0.25) is 19.0 Å². The minimum absolute atomic E-state index is 0. The number of nitrogens with zero attached hydrogens (tertiary/aromatic N) is 1. The first-order chi connectivity index (χ1) is 18.4. The molecule has 2 aliphatic rings. The average Bonchev–Trinajstić information content (AvgIpc) is 2.89. The number of ether oxygens (including phenoxy) is 1. The molecule has 0 radical (unpaired) electrons. The summed E-state index contributed by atoms with van der Waals surface area (Å²) in [4.78, 5) is 61.8. The maximum absolute atomic E-state index is 12.8. The van der Waals surface area contributed by atoms with E-state index >= 15 is 0 Å². The number of carbonyl (C=O) groups is 5. The van der Waals surface area contributed by atoms with Gasteiger partial charge in [-0.25, -0.2) is 14.4 Å². The number of aliphatic carboxylic acids is 1. The third kappa shape index (κ3) is 8.49. The minimum atomic E-state index is -4.58. The van der Waals surface area contributed by atoms with Crippen molar-refractivity contribution in [2.24, 2.45) is 0 Å². The summed E-state index contributed by atoms with van der Waals surface area (Å²) in [5.74, 6) is -5.21. The van der Waals surface area contributed by atoms with Crippen molar-refractivity contribution < 1.29 is 51.9 Å². The summed E-state index contributed by atoms with van der Waals surface area (Å²) >= 11 is 1.11. The van der Waals surface area contributed by atoms with Gasteiger partial charge in [0.1, 0.15) is 23.7 Å². The molecule has 4 rings (SSSR count). The van der Waals surface area contributed by atoms with Gasteiger partial charge < -0.3 is 20.3 Å². The van der Waals surface area contributed by atoms with Gasteiger partial charge in [-0.05, 0) is 23.8 Å². The third-order valence-corrected chi connectivity index (χ3v) is 8.22. The average molecular weight is 649 g/mol. The number of esters is 1. The molecule has 0 unspecified atom stereocenters. The Morgan fingerprint density at radius 2 is 1.55 bits per heavy atom. The Hall–Kier alpha value is -1.21. The van der Waals surface area contributed by atoms with E-state index < -0.39 is 74.9 Å². The van der Waals surface area contributed by atoms with Crippen LogP contribution in [0.25, 0.3) is 0 Å². The first-order valence-corrected chi connectivity index (χ1v) is 13.6. The molecule has 0 aliphatic carbocycles. The zero-order chi connectivity index (χ0) is 28.5. The molecule has 2 amide bonds. The monoisotopic (exact) mass is 648 g/mol. The Kier molecular flexibility index (Phi) is 15.0. The molecule has 0 spiro atoms. The summed E-state index contributed by atoms with van der Waals surface area (Å²) in [6.45, 7) is -0.513. The number of amides is 2. The molecule has 18 heteroatoms. The van der Waals surface area contributed by atoms with Gasteiger partial charge in [-0.2, -0.15) is 8.42 Å². The SMILES string of the molecule is O=C(Cc1ccccc1S(=O)(=O)O)N[C@@H]1C(=O)N2C(C(=O)O)=C(COC(=O)c3ccccc3C(=O)O)CS[C@H]12.[NaH].[NaH].[NaH]. The predicted molar refractivity (Wildman–Crippen MR) is 155 cm³/mol. The molecule has 0 aromatic heterocycles. The first-order valence-electron chi connectivity index (χ1n) is 11.1. The summed E-state index contributed by atoms with van der Waals surface area (Å²) in [6, 6.07) is 9.56. The summed E-state index contributed by atoms with van der Waals surface area (Å²) < 4.78 is 37.6. The standard InChI is InChI=1S/C24H20N2O11S2.3Na.3H/c27-17(9-12-5-1-4-8-16(12)39(34,35)36)25-18-20(28)26-19(23(31)32)13(11-38-21(18)26)10-37-24(33)15-7-3-2-6-14(15)22(29)30;;;;;;/h1-8,18,21H,9-11H2,(H,25,27)(H,29,30)(H,31,32)(H,34,35,36);;;;;;/t18-,21-;;;;;;/m1....../s1. The van der Waals surface area contributed by atoms with Crippen LogP contribution in [0.1, 0.15) is 26.3 Å². The predicted octanol–water partition coefficient (Wildman–Crippen LogP) is -1.18.